The number of hydrogen-bond acceptors (Lipinski definition) is 5. The number of carbonyl (C=O) groups is 1. The monoisotopic (exact) mass is 492 g/mol. The first kappa shape index (κ1) is 22.7. The number of hydrogen-bond donors (Lipinski definition) is 1. The Morgan fingerprint density at radius 3 is 2.53 bits per heavy atom. The van der Waals surface area contributed by atoms with E-state index in [0.29, 0.717) is 23.1 Å². The molecule has 0 radical (unpaired) electrons. The number of nitrogens with zero attached hydrogens (tertiary/aromatic N) is 3. The number of nitrogens with one attached hydrogen (secondary N) is 1. The Bertz CT molecular complexity index is 1260. The summed E-state index contributed by atoms with van der Waals surface area (Å²) in [6.45, 7) is 2.99. The van der Waals surface area contributed by atoms with Crippen LogP contribution in [0.25, 0.3) is 11.1 Å². The van der Waals surface area contributed by atoms with Gasteiger partial charge in [0.1, 0.15) is 11.9 Å². The minimum Gasteiger partial charge on any atom is -0.378 e. The highest BCUT2D eigenvalue weighted by molar-refractivity contribution is 7.18. The van der Waals surface area contributed by atoms with Gasteiger partial charge in [-0.2, -0.15) is 0 Å². The lowest BCUT2D eigenvalue weighted by atomic mass is 10.1. The molecule has 3 heterocycles. The summed E-state index contributed by atoms with van der Waals surface area (Å²) in [6.07, 6.45) is 3.61. The van der Waals surface area contributed by atoms with Crippen molar-refractivity contribution < 1.29 is 9.53 Å². The van der Waals surface area contributed by atoms with Crippen molar-refractivity contribution in [3.05, 3.63) is 94.3 Å². The van der Waals surface area contributed by atoms with Crippen molar-refractivity contribution in [3.63, 3.8) is 0 Å². The molecule has 1 fully saturated rings. The van der Waals surface area contributed by atoms with Crippen LogP contribution in [0, 0.1) is 0 Å². The Balaban J connectivity index is 1.50. The van der Waals surface area contributed by atoms with E-state index in [1.54, 1.807) is 6.20 Å². The fraction of sp³-hybridized carbons (Fsp3) is 0.231. The van der Waals surface area contributed by atoms with Crippen molar-refractivity contribution in [2.75, 3.05) is 31.2 Å². The summed E-state index contributed by atoms with van der Waals surface area (Å²) < 4.78 is 7.47. The highest BCUT2D eigenvalue weighted by Gasteiger charge is 2.25. The van der Waals surface area contributed by atoms with E-state index >= 15 is 0 Å². The molecule has 1 N–H and O–H groups in total. The van der Waals surface area contributed by atoms with Gasteiger partial charge in [-0.1, -0.05) is 54.1 Å². The molecule has 6 nitrogen and oxygen atoms in total. The lowest BCUT2D eigenvalue weighted by molar-refractivity contribution is 0.0945. The third-order valence-electron chi connectivity index (χ3n) is 5.91. The summed E-state index contributed by atoms with van der Waals surface area (Å²) in [5, 5.41) is 4.95. The maximum Gasteiger partial charge on any atom is 0.262 e. The Morgan fingerprint density at radius 1 is 1.12 bits per heavy atom. The van der Waals surface area contributed by atoms with E-state index in [9.17, 15) is 4.79 Å². The molecule has 1 saturated heterocycles. The molecule has 1 amide bonds. The highest BCUT2D eigenvalue weighted by Crippen LogP contribution is 2.39. The maximum absolute atomic E-state index is 13.6. The lowest BCUT2D eigenvalue weighted by Crippen LogP contribution is -2.35. The van der Waals surface area contributed by atoms with Gasteiger partial charge in [0, 0.05) is 43.1 Å². The third kappa shape index (κ3) is 4.73. The SMILES string of the molecule is Cn1ccnc1[C@@H](NC(=O)c1cc(-c2ccccc2)c(N2CCOCC2)s1)c1ccc(Cl)cc1. The molecule has 34 heavy (non-hydrogen) atoms. The quantitative estimate of drug-likeness (QED) is 0.404. The Kier molecular flexibility index (Phi) is 6.67. The summed E-state index contributed by atoms with van der Waals surface area (Å²) in [5.74, 6) is 0.619. The predicted molar refractivity (Wildman–Crippen MR) is 137 cm³/mol. The van der Waals surface area contributed by atoms with Crippen LogP contribution < -0.4 is 10.2 Å². The van der Waals surface area contributed by atoms with Crippen LogP contribution in [0.4, 0.5) is 5.00 Å². The standard InChI is InChI=1S/C26H25ClN4O2S/c1-30-12-11-28-24(30)23(19-7-9-20(27)10-8-19)29-25(32)22-17-21(18-5-3-2-4-6-18)26(34-22)31-13-15-33-16-14-31/h2-12,17,23H,13-16H2,1H3,(H,29,32)/t23-/m0/s1. The average molecular weight is 493 g/mol. The first-order valence-corrected chi connectivity index (χ1v) is 12.3. The van der Waals surface area contributed by atoms with Crippen LogP contribution in [0.3, 0.4) is 0 Å². The number of thiophene rings is 1. The van der Waals surface area contributed by atoms with Crippen molar-refractivity contribution >= 4 is 33.8 Å². The molecule has 0 spiro atoms. The minimum atomic E-state index is -0.404. The number of benzene rings is 2. The molecule has 0 saturated carbocycles. The second-order valence-corrected chi connectivity index (χ2v) is 9.62. The van der Waals surface area contributed by atoms with E-state index in [1.165, 1.54) is 11.3 Å². The zero-order chi connectivity index (χ0) is 23.5. The van der Waals surface area contributed by atoms with E-state index in [1.807, 2.05) is 66.3 Å². The van der Waals surface area contributed by atoms with Crippen molar-refractivity contribution in [3.8, 4) is 11.1 Å². The number of carbonyl (C=O) groups excluding carboxylic acids is 1. The minimum absolute atomic E-state index is 0.135. The van der Waals surface area contributed by atoms with Crippen molar-refractivity contribution in [2.24, 2.45) is 7.05 Å². The summed E-state index contributed by atoms with van der Waals surface area (Å²) in [5.41, 5.74) is 3.08. The van der Waals surface area contributed by atoms with E-state index in [0.717, 1.165) is 40.6 Å². The molecule has 0 unspecified atom stereocenters. The lowest BCUT2D eigenvalue weighted by Gasteiger charge is -2.28. The molecular weight excluding hydrogens is 468 g/mol. The fourth-order valence-electron chi connectivity index (χ4n) is 4.13. The van der Waals surface area contributed by atoms with Gasteiger partial charge in [-0.05, 0) is 29.3 Å². The van der Waals surface area contributed by atoms with Gasteiger partial charge in [0.05, 0.1) is 23.1 Å². The van der Waals surface area contributed by atoms with Crippen LogP contribution in [0.1, 0.15) is 27.1 Å². The van der Waals surface area contributed by atoms with Gasteiger partial charge >= 0.3 is 0 Å². The highest BCUT2D eigenvalue weighted by atomic mass is 35.5. The van der Waals surface area contributed by atoms with Crippen molar-refractivity contribution in [1.29, 1.82) is 0 Å². The molecule has 4 aromatic rings. The average Bonchev–Trinajstić information content (AvgIpc) is 3.51. The molecule has 0 bridgehead atoms. The molecule has 174 valence electrons. The van der Waals surface area contributed by atoms with Crippen LogP contribution in [0.2, 0.25) is 5.02 Å². The van der Waals surface area contributed by atoms with E-state index in [4.69, 9.17) is 16.3 Å². The van der Waals surface area contributed by atoms with Crippen molar-refractivity contribution in [2.45, 2.75) is 6.04 Å². The normalized spacial score (nSPS) is 14.7. The summed E-state index contributed by atoms with van der Waals surface area (Å²) in [4.78, 5) is 21.0. The van der Waals surface area contributed by atoms with Gasteiger partial charge in [-0.15, -0.1) is 11.3 Å². The number of amides is 1. The Labute approximate surface area is 207 Å². The summed E-state index contributed by atoms with van der Waals surface area (Å²) >= 11 is 7.63. The maximum atomic E-state index is 13.6. The predicted octanol–water partition coefficient (Wildman–Crippen LogP) is 5.16. The number of ether oxygens (including phenoxy) is 1. The van der Waals surface area contributed by atoms with Gasteiger partial charge in [0.15, 0.2) is 0 Å². The molecule has 1 aliphatic heterocycles. The van der Waals surface area contributed by atoms with Crippen molar-refractivity contribution in [1.82, 2.24) is 14.9 Å². The van der Waals surface area contributed by atoms with Crippen LogP contribution in [0.5, 0.6) is 0 Å². The molecule has 2 aromatic carbocycles. The van der Waals surface area contributed by atoms with Gasteiger partial charge in [-0.3, -0.25) is 4.79 Å². The number of rotatable bonds is 6. The van der Waals surface area contributed by atoms with Gasteiger partial charge in [-0.25, -0.2) is 4.98 Å². The van der Waals surface area contributed by atoms with E-state index in [2.05, 4.69) is 27.3 Å². The Morgan fingerprint density at radius 2 is 1.85 bits per heavy atom. The zero-order valence-electron chi connectivity index (χ0n) is 18.8. The first-order chi connectivity index (χ1) is 16.6. The summed E-state index contributed by atoms with van der Waals surface area (Å²) in [6, 6.07) is 19.3. The number of halogens is 1. The van der Waals surface area contributed by atoms with Gasteiger partial charge in [0.2, 0.25) is 0 Å². The van der Waals surface area contributed by atoms with Gasteiger partial charge < -0.3 is 19.5 Å². The van der Waals surface area contributed by atoms with Crippen LogP contribution in [0.15, 0.2) is 73.1 Å². The molecule has 8 heteroatoms. The molecule has 2 aromatic heterocycles. The second-order valence-electron chi connectivity index (χ2n) is 8.15. The Hall–Kier alpha value is -3.13. The third-order valence-corrected chi connectivity index (χ3v) is 7.36. The van der Waals surface area contributed by atoms with Crippen LogP contribution >= 0.6 is 22.9 Å². The molecular formula is C26H25ClN4O2S. The van der Waals surface area contributed by atoms with Crippen LogP contribution in [-0.4, -0.2) is 41.8 Å². The number of aromatic nitrogens is 2. The number of morpholine rings is 1. The molecule has 1 aliphatic rings. The molecule has 5 rings (SSSR count). The number of imidazole rings is 1. The smallest absolute Gasteiger partial charge is 0.262 e. The second kappa shape index (κ2) is 10.0. The fourth-order valence-corrected chi connectivity index (χ4v) is 5.39. The molecule has 0 aliphatic carbocycles. The van der Waals surface area contributed by atoms with E-state index < -0.39 is 6.04 Å². The number of anilines is 1. The largest absolute Gasteiger partial charge is 0.378 e. The first-order valence-electron chi connectivity index (χ1n) is 11.2. The zero-order valence-corrected chi connectivity index (χ0v) is 20.4. The van der Waals surface area contributed by atoms with E-state index in [-0.39, 0.29) is 5.91 Å². The summed E-state index contributed by atoms with van der Waals surface area (Å²) in [7, 11) is 1.92. The number of aryl methyl sites for hydroxylation is 1. The molecule has 1 atom stereocenters. The topological polar surface area (TPSA) is 59.4 Å². The van der Waals surface area contributed by atoms with Gasteiger partial charge in [0.25, 0.3) is 5.91 Å². The van der Waals surface area contributed by atoms with Crippen LogP contribution in [-0.2, 0) is 11.8 Å².